The average Bonchev–Trinajstić information content (AvgIpc) is 3.19. The highest BCUT2D eigenvalue weighted by atomic mass is 35.5. The largest absolute Gasteiger partial charge is 0.454 e. The van der Waals surface area contributed by atoms with E-state index < -0.39 is 35.4 Å². The highest BCUT2D eigenvalue weighted by molar-refractivity contribution is 8.00. The van der Waals surface area contributed by atoms with Gasteiger partial charge < -0.3 is 4.74 Å². The Balaban J connectivity index is 1.43. The highest BCUT2D eigenvalue weighted by Crippen LogP contribution is 2.36. The number of hydrogen-bond donors (Lipinski definition) is 0. The number of aromatic nitrogens is 1. The molecule has 0 radical (unpaired) electrons. The Kier molecular flexibility index (Phi) is 8.40. The molecule has 1 fully saturated rings. The molecule has 0 spiro atoms. The molecule has 2 aromatic carbocycles. The van der Waals surface area contributed by atoms with E-state index in [9.17, 15) is 24.4 Å². The molecular formula is C28H21Cl2N3O5S. The van der Waals surface area contributed by atoms with E-state index in [1.165, 1.54) is 42.5 Å². The Morgan fingerprint density at radius 1 is 1.05 bits per heavy atom. The standard InChI is InChI=1S/C28H21Cl2N3O5S/c1-14-15(2)20(12-31)26(32-16(14)3)39-24-11-25(35)33(27(24)36)19-7-4-17(5-8-19)28(37)38-13-23(34)18-6-9-21(29)22(30)10-18/h4-10,24H,11,13H2,1-3H3. The number of imide groups is 1. The number of ketones is 1. The van der Waals surface area contributed by atoms with Crippen molar-refractivity contribution in [3.8, 4) is 6.07 Å². The maximum Gasteiger partial charge on any atom is 0.338 e. The van der Waals surface area contributed by atoms with Crippen LogP contribution in [-0.2, 0) is 14.3 Å². The SMILES string of the molecule is Cc1nc(SC2CC(=O)N(c3ccc(C(=O)OCC(=O)c4ccc(Cl)c(Cl)c4)cc3)C2=O)c(C#N)c(C)c1C. The van der Waals surface area contributed by atoms with Gasteiger partial charge in [-0.15, -0.1) is 0 Å². The van der Waals surface area contributed by atoms with Gasteiger partial charge in [-0.2, -0.15) is 5.26 Å². The fraction of sp³-hybridized carbons (Fsp3) is 0.214. The van der Waals surface area contributed by atoms with Gasteiger partial charge in [0.1, 0.15) is 11.1 Å². The zero-order chi connectivity index (χ0) is 28.4. The molecule has 2 amide bonds. The fourth-order valence-corrected chi connectivity index (χ4v) is 5.45. The lowest BCUT2D eigenvalue weighted by Crippen LogP contribution is -2.31. The van der Waals surface area contributed by atoms with Gasteiger partial charge in [-0.25, -0.2) is 14.7 Å². The summed E-state index contributed by atoms with van der Waals surface area (Å²) in [7, 11) is 0. The molecule has 0 aliphatic carbocycles. The van der Waals surface area contributed by atoms with Crippen molar-refractivity contribution < 1.29 is 23.9 Å². The van der Waals surface area contributed by atoms with Crippen LogP contribution in [0.5, 0.6) is 0 Å². The van der Waals surface area contributed by atoms with E-state index in [2.05, 4.69) is 11.1 Å². The monoisotopic (exact) mass is 581 g/mol. The minimum atomic E-state index is -0.748. The third-order valence-corrected chi connectivity index (χ3v) is 8.28. The smallest absolute Gasteiger partial charge is 0.338 e. The summed E-state index contributed by atoms with van der Waals surface area (Å²) in [6.07, 6.45) is -0.0529. The van der Waals surface area contributed by atoms with Crippen LogP contribution in [0.2, 0.25) is 10.0 Å². The molecule has 0 N–H and O–H groups in total. The van der Waals surface area contributed by atoms with Crippen molar-refractivity contribution >= 4 is 64.2 Å². The number of rotatable bonds is 7. The van der Waals surface area contributed by atoms with Crippen molar-refractivity contribution in [1.29, 1.82) is 5.26 Å². The first-order valence-corrected chi connectivity index (χ1v) is 13.3. The number of nitrogens with zero attached hydrogens (tertiary/aromatic N) is 3. The van der Waals surface area contributed by atoms with E-state index >= 15 is 0 Å². The van der Waals surface area contributed by atoms with Crippen molar-refractivity contribution in [2.75, 3.05) is 11.5 Å². The Labute approximate surface area is 238 Å². The summed E-state index contributed by atoms with van der Waals surface area (Å²) in [4.78, 5) is 56.2. The second-order valence-electron chi connectivity index (χ2n) is 8.79. The zero-order valence-electron chi connectivity index (χ0n) is 21.1. The molecule has 11 heteroatoms. The summed E-state index contributed by atoms with van der Waals surface area (Å²) in [5.74, 6) is -2.04. The second-order valence-corrected chi connectivity index (χ2v) is 10.8. The van der Waals surface area contributed by atoms with Crippen LogP contribution in [0, 0.1) is 32.1 Å². The number of benzene rings is 2. The first-order valence-electron chi connectivity index (χ1n) is 11.7. The molecule has 1 unspecified atom stereocenters. The molecule has 1 saturated heterocycles. The maximum atomic E-state index is 13.2. The third kappa shape index (κ3) is 5.83. The number of pyridine rings is 1. The Morgan fingerprint density at radius 3 is 2.36 bits per heavy atom. The summed E-state index contributed by atoms with van der Waals surface area (Å²) in [5.41, 5.74) is 3.52. The molecular weight excluding hydrogens is 561 g/mol. The van der Waals surface area contributed by atoms with Crippen molar-refractivity contribution in [2.24, 2.45) is 0 Å². The lowest BCUT2D eigenvalue weighted by Gasteiger charge is -2.16. The second kappa shape index (κ2) is 11.6. The van der Waals surface area contributed by atoms with Gasteiger partial charge in [0.05, 0.1) is 32.1 Å². The van der Waals surface area contributed by atoms with E-state index in [4.69, 9.17) is 27.9 Å². The van der Waals surface area contributed by atoms with E-state index in [0.717, 1.165) is 33.5 Å². The average molecular weight is 582 g/mol. The molecule has 4 rings (SSSR count). The van der Waals surface area contributed by atoms with Gasteiger partial charge in [-0.3, -0.25) is 14.4 Å². The molecule has 1 aliphatic rings. The van der Waals surface area contributed by atoms with Gasteiger partial charge >= 0.3 is 5.97 Å². The van der Waals surface area contributed by atoms with E-state index in [1.54, 1.807) is 0 Å². The van der Waals surface area contributed by atoms with Crippen molar-refractivity contribution in [2.45, 2.75) is 37.5 Å². The minimum absolute atomic E-state index is 0.0529. The van der Waals surface area contributed by atoms with Gasteiger partial charge in [0, 0.05) is 17.7 Å². The van der Waals surface area contributed by atoms with Crippen LogP contribution in [0.1, 0.15) is 49.5 Å². The molecule has 1 atom stereocenters. The van der Waals surface area contributed by atoms with Crippen molar-refractivity contribution in [3.05, 3.63) is 86.0 Å². The number of halogens is 2. The number of amides is 2. The van der Waals surface area contributed by atoms with Crippen molar-refractivity contribution in [3.63, 3.8) is 0 Å². The first-order chi connectivity index (χ1) is 18.5. The van der Waals surface area contributed by atoms with E-state index in [0.29, 0.717) is 21.3 Å². The van der Waals surface area contributed by atoms with Crippen LogP contribution in [0.15, 0.2) is 47.5 Å². The molecule has 1 aliphatic heterocycles. The summed E-state index contributed by atoms with van der Waals surface area (Å²) in [5, 5.41) is 9.81. The van der Waals surface area contributed by atoms with Gasteiger partial charge in [0.25, 0.3) is 0 Å². The number of aryl methyl sites for hydroxylation is 1. The first kappa shape index (κ1) is 28.3. The van der Waals surface area contributed by atoms with E-state index in [-0.39, 0.29) is 22.6 Å². The van der Waals surface area contributed by atoms with Crippen LogP contribution in [0.25, 0.3) is 0 Å². The van der Waals surface area contributed by atoms with Crippen LogP contribution in [-0.4, -0.2) is 40.4 Å². The number of hydrogen-bond acceptors (Lipinski definition) is 8. The summed E-state index contributed by atoms with van der Waals surface area (Å²) in [6, 6.07) is 12.2. The number of thioether (sulfide) groups is 1. The Hall–Kier alpha value is -3.71. The molecule has 198 valence electrons. The van der Waals surface area contributed by atoms with Crippen LogP contribution >= 0.6 is 35.0 Å². The molecule has 0 saturated carbocycles. The molecule has 8 nitrogen and oxygen atoms in total. The van der Waals surface area contributed by atoms with Crippen LogP contribution in [0.4, 0.5) is 5.69 Å². The Bertz CT molecular complexity index is 1570. The number of carbonyl (C=O) groups is 4. The molecule has 3 aromatic rings. The third-order valence-electron chi connectivity index (χ3n) is 6.37. The van der Waals surface area contributed by atoms with Gasteiger partial charge in [0.2, 0.25) is 11.8 Å². The molecule has 0 bridgehead atoms. The predicted molar refractivity (Wildman–Crippen MR) is 147 cm³/mol. The number of Topliss-reactive ketones (excluding diaryl/α,β-unsaturated/α-hetero) is 1. The summed E-state index contributed by atoms with van der Waals surface area (Å²) in [6.45, 7) is 5.04. The molecule has 39 heavy (non-hydrogen) atoms. The summed E-state index contributed by atoms with van der Waals surface area (Å²) >= 11 is 12.9. The van der Waals surface area contributed by atoms with E-state index in [1.807, 2.05) is 20.8 Å². The Morgan fingerprint density at radius 2 is 1.72 bits per heavy atom. The van der Waals surface area contributed by atoms with Crippen molar-refractivity contribution in [1.82, 2.24) is 4.98 Å². The van der Waals surface area contributed by atoms with Gasteiger partial charge in [0.15, 0.2) is 12.4 Å². The normalized spacial score (nSPS) is 14.9. The lowest BCUT2D eigenvalue weighted by molar-refractivity contribution is -0.121. The minimum Gasteiger partial charge on any atom is -0.454 e. The highest BCUT2D eigenvalue weighted by Gasteiger charge is 2.41. The van der Waals surface area contributed by atoms with Gasteiger partial charge in [-0.1, -0.05) is 35.0 Å². The number of anilines is 1. The zero-order valence-corrected chi connectivity index (χ0v) is 23.4. The maximum absolute atomic E-state index is 13.2. The molecule has 2 heterocycles. The lowest BCUT2D eigenvalue weighted by atomic mass is 10.1. The quantitative estimate of drug-likeness (QED) is 0.199. The topological polar surface area (TPSA) is 117 Å². The number of esters is 1. The predicted octanol–water partition coefficient (Wildman–Crippen LogP) is 5.65. The van der Waals surface area contributed by atoms with Crippen LogP contribution < -0.4 is 4.90 Å². The number of carbonyl (C=O) groups excluding carboxylic acids is 4. The van der Waals surface area contributed by atoms with Gasteiger partial charge in [-0.05, 0) is 74.4 Å². The molecule has 1 aromatic heterocycles. The summed E-state index contributed by atoms with van der Waals surface area (Å²) < 4.78 is 5.11. The number of nitriles is 1. The van der Waals surface area contributed by atoms with Crippen LogP contribution in [0.3, 0.4) is 0 Å². The fourth-order valence-electron chi connectivity index (χ4n) is 3.94. The number of ether oxygens (including phenoxy) is 1.